The van der Waals surface area contributed by atoms with Crippen molar-refractivity contribution in [3.63, 3.8) is 0 Å². The summed E-state index contributed by atoms with van der Waals surface area (Å²) in [5.74, 6) is -0.365. The van der Waals surface area contributed by atoms with Gasteiger partial charge in [-0.2, -0.15) is 0 Å². The molecule has 0 saturated carbocycles. The van der Waals surface area contributed by atoms with E-state index in [1.807, 2.05) is 20.8 Å². The summed E-state index contributed by atoms with van der Waals surface area (Å²) in [5, 5.41) is 2.23. The Balaban J connectivity index is 2.00. The lowest BCUT2D eigenvalue weighted by Crippen LogP contribution is -2.54. The number of anilines is 1. The van der Waals surface area contributed by atoms with Crippen LogP contribution in [-0.4, -0.2) is 31.1 Å². The summed E-state index contributed by atoms with van der Waals surface area (Å²) in [6.45, 7) is 6.47. The van der Waals surface area contributed by atoms with E-state index in [0.717, 1.165) is 14.9 Å². The van der Waals surface area contributed by atoms with Gasteiger partial charge in [0, 0.05) is 4.47 Å². The molecule has 0 unspecified atom stereocenters. The lowest BCUT2D eigenvalue weighted by atomic mass is 10.1. The molecule has 4 amide bonds. The molecule has 156 valence electrons. The van der Waals surface area contributed by atoms with Gasteiger partial charge in [0.15, 0.2) is 11.5 Å². The number of aryl methyl sites for hydroxylation is 1. The lowest BCUT2D eigenvalue weighted by Gasteiger charge is -2.26. The van der Waals surface area contributed by atoms with Crippen molar-refractivity contribution >= 4 is 45.5 Å². The number of imide groups is 2. The molecule has 30 heavy (non-hydrogen) atoms. The smallest absolute Gasteiger partial charge is 0.335 e. The van der Waals surface area contributed by atoms with Gasteiger partial charge in [-0.1, -0.05) is 22.0 Å². The minimum atomic E-state index is -0.787. The van der Waals surface area contributed by atoms with E-state index in [9.17, 15) is 14.4 Å². The Morgan fingerprint density at radius 2 is 1.70 bits per heavy atom. The summed E-state index contributed by atoms with van der Waals surface area (Å²) < 4.78 is 12.0. The summed E-state index contributed by atoms with van der Waals surface area (Å²) in [5.41, 5.74) is 1.64. The first-order valence-electron chi connectivity index (χ1n) is 9.43. The molecule has 0 bridgehead atoms. The van der Waals surface area contributed by atoms with Gasteiger partial charge in [-0.05, 0) is 68.3 Å². The normalized spacial score (nSPS) is 15.4. The topological polar surface area (TPSA) is 84.9 Å². The second-order valence-corrected chi connectivity index (χ2v) is 7.32. The number of barbiturate groups is 1. The number of carbonyl (C=O) groups is 3. The first-order chi connectivity index (χ1) is 14.3. The SMILES string of the molecule is CCOc1ccc(/C=C2\C(=O)NC(=O)N(c3ccc(Br)c(C)c3)C2=O)cc1OCC. The zero-order valence-electron chi connectivity index (χ0n) is 16.8. The van der Waals surface area contributed by atoms with E-state index in [4.69, 9.17) is 9.47 Å². The van der Waals surface area contributed by atoms with Gasteiger partial charge < -0.3 is 9.47 Å². The fourth-order valence-electron chi connectivity index (χ4n) is 2.98. The van der Waals surface area contributed by atoms with Gasteiger partial charge in [0.2, 0.25) is 0 Å². The quantitative estimate of drug-likeness (QED) is 0.502. The van der Waals surface area contributed by atoms with Gasteiger partial charge >= 0.3 is 6.03 Å². The van der Waals surface area contributed by atoms with Crippen LogP contribution in [0.1, 0.15) is 25.0 Å². The summed E-state index contributed by atoms with van der Waals surface area (Å²) in [4.78, 5) is 38.7. The highest BCUT2D eigenvalue weighted by Crippen LogP contribution is 2.30. The number of hydrogen-bond acceptors (Lipinski definition) is 5. The average molecular weight is 473 g/mol. The molecule has 0 atom stereocenters. The standard InChI is InChI=1S/C22H21BrN2O5/c1-4-29-18-9-6-14(12-19(18)30-5-2)11-16-20(26)24-22(28)25(21(16)27)15-7-8-17(23)13(3)10-15/h6-12H,4-5H2,1-3H3,(H,24,26,28)/b16-11+. The Bertz CT molecular complexity index is 1050. The van der Waals surface area contributed by atoms with Crippen molar-refractivity contribution in [1.29, 1.82) is 0 Å². The third kappa shape index (κ3) is 4.38. The highest BCUT2D eigenvalue weighted by atomic mass is 79.9. The maximum Gasteiger partial charge on any atom is 0.335 e. The van der Waals surface area contributed by atoms with Crippen LogP contribution in [0, 0.1) is 6.92 Å². The van der Waals surface area contributed by atoms with Crippen LogP contribution in [0.5, 0.6) is 11.5 Å². The number of halogens is 1. The molecule has 2 aromatic carbocycles. The van der Waals surface area contributed by atoms with Crippen molar-refractivity contribution in [2.45, 2.75) is 20.8 Å². The van der Waals surface area contributed by atoms with Crippen molar-refractivity contribution in [2.24, 2.45) is 0 Å². The number of nitrogens with one attached hydrogen (secondary N) is 1. The van der Waals surface area contributed by atoms with E-state index in [1.54, 1.807) is 36.4 Å². The van der Waals surface area contributed by atoms with Crippen LogP contribution in [-0.2, 0) is 9.59 Å². The molecule has 1 N–H and O–H groups in total. The second-order valence-electron chi connectivity index (χ2n) is 6.46. The van der Waals surface area contributed by atoms with E-state index < -0.39 is 17.8 Å². The number of benzene rings is 2. The molecule has 0 radical (unpaired) electrons. The lowest BCUT2D eigenvalue weighted by molar-refractivity contribution is -0.122. The number of amides is 4. The summed E-state index contributed by atoms with van der Waals surface area (Å²) in [7, 11) is 0. The van der Waals surface area contributed by atoms with E-state index in [0.29, 0.717) is 36.0 Å². The molecule has 1 saturated heterocycles. The Morgan fingerprint density at radius 3 is 2.37 bits per heavy atom. The number of urea groups is 1. The Hall–Kier alpha value is -3.13. The van der Waals surface area contributed by atoms with Crippen LogP contribution in [0.15, 0.2) is 46.4 Å². The Kier molecular flexibility index (Phi) is 6.56. The maximum absolute atomic E-state index is 13.0. The molecule has 7 nitrogen and oxygen atoms in total. The molecule has 3 rings (SSSR count). The van der Waals surface area contributed by atoms with Crippen molar-refractivity contribution in [3.05, 3.63) is 57.6 Å². The fourth-order valence-corrected chi connectivity index (χ4v) is 3.23. The molecule has 1 aliphatic heterocycles. The zero-order chi connectivity index (χ0) is 21.8. The van der Waals surface area contributed by atoms with Crippen LogP contribution in [0.25, 0.3) is 6.08 Å². The number of carbonyl (C=O) groups excluding carboxylic acids is 3. The van der Waals surface area contributed by atoms with Crippen LogP contribution in [0.4, 0.5) is 10.5 Å². The van der Waals surface area contributed by atoms with Crippen LogP contribution >= 0.6 is 15.9 Å². The molecular weight excluding hydrogens is 452 g/mol. The van der Waals surface area contributed by atoms with Gasteiger partial charge in [-0.3, -0.25) is 14.9 Å². The first-order valence-corrected chi connectivity index (χ1v) is 10.2. The van der Waals surface area contributed by atoms with Crippen LogP contribution in [0.3, 0.4) is 0 Å². The van der Waals surface area contributed by atoms with Gasteiger partial charge in [0.05, 0.1) is 18.9 Å². The van der Waals surface area contributed by atoms with Gasteiger partial charge in [0.25, 0.3) is 11.8 Å². The second kappa shape index (κ2) is 9.13. The van der Waals surface area contributed by atoms with Crippen molar-refractivity contribution in [1.82, 2.24) is 5.32 Å². The minimum absolute atomic E-state index is 0.151. The minimum Gasteiger partial charge on any atom is -0.490 e. The zero-order valence-corrected chi connectivity index (χ0v) is 18.4. The predicted molar refractivity (Wildman–Crippen MR) is 117 cm³/mol. The predicted octanol–water partition coefficient (Wildman–Crippen LogP) is 4.22. The number of rotatable bonds is 6. The molecule has 8 heteroatoms. The molecule has 0 aromatic heterocycles. The molecule has 0 spiro atoms. The molecule has 0 aliphatic carbocycles. The summed E-state index contributed by atoms with van der Waals surface area (Å²) in [6, 6.07) is 9.40. The monoisotopic (exact) mass is 472 g/mol. The third-order valence-corrected chi connectivity index (χ3v) is 5.27. The van der Waals surface area contributed by atoms with Crippen molar-refractivity contribution < 1.29 is 23.9 Å². The molecule has 2 aromatic rings. The molecular formula is C22H21BrN2O5. The molecule has 1 aliphatic rings. The Morgan fingerprint density at radius 1 is 1.00 bits per heavy atom. The van der Waals surface area contributed by atoms with Gasteiger partial charge in [0.1, 0.15) is 5.57 Å². The van der Waals surface area contributed by atoms with Gasteiger partial charge in [-0.25, -0.2) is 9.69 Å². The third-order valence-electron chi connectivity index (χ3n) is 4.38. The number of ether oxygens (including phenoxy) is 2. The van der Waals surface area contributed by atoms with Crippen molar-refractivity contribution in [2.75, 3.05) is 18.1 Å². The maximum atomic E-state index is 13.0. The number of hydrogen-bond donors (Lipinski definition) is 1. The van der Waals surface area contributed by atoms with Gasteiger partial charge in [-0.15, -0.1) is 0 Å². The number of nitrogens with zero attached hydrogens (tertiary/aromatic N) is 1. The van der Waals surface area contributed by atoms with E-state index in [-0.39, 0.29) is 5.57 Å². The molecule has 1 heterocycles. The summed E-state index contributed by atoms with van der Waals surface area (Å²) >= 11 is 3.39. The van der Waals surface area contributed by atoms with E-state index in [1.165, 1.54) is 6.08 Å². The average Bonchev–Trinajstić information content (AvgIpc) is 2.70. The highest BCUT2D eigenvalue weighted by Gasteiger charge is 2.37. The molecule has 1 fully saturated rings. The Labute approximate surface area is 182 Å². The van der Waals surface area contributed by atoms with E-state index in [2.05, 4.69) is 21.2 Å². The largest absolute Gasteiger partial charge is 0.490 e. The first kappa shape index (κ1) is 21.6. The summed E-state index contributed by atoms with van der Waals surface area (Å²) in [6.07, 6.45) is 1.43. The van der Waals surface area contributed by atoms with Crippen LogP contribution < -0.4 is 19.7 Å². The van der Waals surface area contributed by atoms with Crippen LogP contribution in [0.2, 0.25) is 0 Å². The highest BCUT2D eigenvalue weighted by molar-refractivity contribution is 9.10. The van der Waals surface area contributed by atoms with E-state index >= 15 is 0 Å². The van der Waals surface area contributed by atoms with Crippen molar-refractivity contribution in [3.8, 4) is 11.5 Å². The fraction of sp³-hybridized carbons (Fsp3) is 0.227.